The van der Waals surface area contributed by atoms with E-state index in [-0.39, 0.29) is 29.9 Å². The molecule has 2 aliphatic heterocycles. The summed E-state index contributed by atoms with van der Waals surface area (Å²) in [5.41, 5.74) is 1.80. The molecule has 8 nitrogen and oxygen atoms in total. The predicted molar refractivity (Wildman–Crippen MR) is 133 cm³/mol. The highest BCUT2D eigenvalue weighted by Crippen LogP contribution is 2.29. The standard InChI is InChI=1S/C25H26N4O4S/c1-16(30)19-7-3-4-8-20(19)27-23(32)17-9-11-18(12-10-17)26-22(31)15-21-24(33)28-25(34-21)29-13-5-2-6-14-29/h3-4,7-12,21H,2,5-6,13-15H2,1H3,(H,26,31)(H,27,32). The molecule has 2 heterocycles. The second kappa shape index (κ2) is 10.6. The number of nitrogens with one attached hydrogen (secondary N) is 2. The van der Waals surface area contributed by atoms with E-state index < -0.39 is 5.25 Å². The number of piperidine rings is 1. The molecule has 0 radical (unpaired) electrons. The Balaban J connectivity index is 1.30. The summed E-state index contributed by atoms with van der Waals surface area (Å²) >= 11 is 1.36. The third-order valence-corrected chi connectivity index (χ3v) is 6.92. The summed E-state index contributed by atoms with van der Waals surface area (Å²) in [6.45, 7) is 3.25. The Hall–Kier alpha value is -3.46. The van der Waals surface area contributed by atoms with Gasteiger partial charge in [-0.1, -0.05) is 23.9 Å². The lowest BCUT2D eigenvalue weighted by Crippen LogP contribution is -2.33. The third-order valence-electron chi connectivity index (χ3n) is 5.71. The summed E-state index contributed by atoms with van der Waals surface area (Å²) in [4.78, 5) is 55.4. The van der Waals surface area contributed by atoms with E-state index in [2.05, 4.69) is 20.5 Å². The van der Waals surface area contributed by atoms with Crippen LogP contribution in [0.15, 0.2) is 53.5 Å². The van der Waals surface area contributed by atoms with Crippen molar-refractivity contribution >= 4 is 51.8 Å². The average Bonchev–Trinajstić information content (AvgIpc) is 3.20. The zero-order chi connectivity index (χ0) is 24.1. The number of carbonyl (C=O) groups is 4. The summed E-state index contributed by atoms with van der Waals surface area (Å²) in [5, 5.41) is 5.74. The number of carbonyl (C=O) groups excluding carboxylic acids is 4. The van der Waals surface area contributed by atoms with Crippen LogP contribution in [0.4, 0.5) is 11.4 Å². The van der Waals surface area contributed by atoms with Crippen molar-refractivity contribution in [3.05, 3.63) is 59.7 Å². The second-order valence-electron chi connectivity index (χ2n) is 8.27. The van der Waals surface area contributed by atoms with Crippen LogP contribution in [0.25, 0.3) is 0 Å². The van der Waals surface area contributed by atoms with Crippen molar-refractivity contribution in [2.45, 2.75) is 37.9 Å². The van der Waals surface area contributed by atoms with Crippen LogP contribution in [-0.4, -0.2) is 51.9 Å². The summed E-state index contributed by atoms with van der Waals surface area (Å²) in [7, 11) is 0. The third kappa shape index (κ3) is 5.72. The maximum atomic E-state index is 12.6. The van der Waals surface area contributed by atoms with Gasteiger partial charge in [0.2, 0.25) is 5.91 Å². The van der Waals surface area contributed by atoms with E-state index in [1.54, 1.807) is 48.5 Å². The highest BCUT2D eigenvalue weighted by Gasteiger charge is 2.33. The molecule has 1 atom stereocenters. The fraction of sp³-hybridized carbons (Fsp3) is 0.320. The molecule has 176 valence electrons. The number of anilines is 2. The van der Waals surface area contributed by atoms with Gasteiger partial charge in [-0.2, -0.15) is 4.99 Å². The van der Waals surface area contributed by atoms with Crippen LogP contribution < -0.4 is 10.6 Å². The first-order chi connectivity index (χ1) is 16.4. The minimum absolute atomic E-state index is 0.0361. The van der Waals surface area contributed by atoms with Crippen LogP contribution in [-0.2, 0) is 9.59 Å². The molecular formula is C25H26N4O4S. The number of benzene rings is 2. The van der Waals surface area contributed by atoms with Crippen molar-refractivity contribution in [2.24, 2.45) is 4.99 Å². The SMILES string of the molecule is CC(=O)c1ccccc1NC(=O)c1ccc(NC(=O)CC2SC(N3CCCCC3)=NC2=O)cc1. The van der Waals surface area contributed by atoms with Gasteiger partial charge in [-0.05, 0) is 62.6 Å². The van der Waals surface area contributed by atoms with Crippen LogP contribution in [0.1, 0.15) is 53.3 Å². The van der Waals surface area contributed by atoms with Crippen LogP contribution in [0, 0.1) is 0 Å². The van der Waals surface area contributed by atoms with Gasteiger partial charge in [0.1, 0.15) is 5.25 Å². The van der Waals surface area contributed by atoms with Crippen molar-refractivity contribution in [3.63, 3.8) is 0 Å². The maximum absolute atomic E-state index is 12.6. The fourth-order valence-corrected chi connectivity index (χ4v) is 5.03. The Morgan fingerprint density at radius 3 is 2.41 bits per heavy atom. The molecule has 1 unspecified atom stereocenters. The number of rotatable bonds is 6. The van der Waals surface area contributed by atoms with Gasteiger partial charge in [-0.15, -0.1) is 0 Å². The van der Waals surface area contributed by atoms with Gasteiger partial charge in [0.05, 0.1) is 5.69 Å². The number of ketones is 1. The maximum Gasteiger partial charge on any atom is 0.262 e. The first-order valence-electron chi connectivity index (χ1n) is 11.3. The van der Waals surface area contributed by atoms with Crippen molar-refractivity contribution in [1.82, 2.24) is 4.90 Å². The number of nitrogens with zero attached hydrogens (tertiary/aromatic N) is 2. The van der Waals surface area contributed by atoms with Gasteiger partial charge < -0.3 is 15.5 Å². The number of amides is 3. The minimum atomic E-state index is -0.511. The quantitative estimate of drug-likeness (QED) is 0.609. The lowest BCUT2D eigenvalue weighted by molar-refractivity contribution is -0.121. The Bertz CT molecular complexity index is 1140. The first-order valence-corrected chi connectivity index (χ1v) is 12.1. The van der Waals surface area contributed by atoms with Crippen molar-refractivity contribution in [3.8, 4) is 0 Å². The van der Waals surface area contributed by atoms with Crippen LogP contribution >= 0.6 is 11.8 Å². The molecule has 3 amide bonds. The van der Waals surface area contributed by atoms with Gasteiger partial charge in [-0.25, -0.2) is 0 Å². The number of hydrogen-bond acceptors (Lipinski definition) is 6. The molecule has 0 aromatic heterocycles. The molecular weight excluding hydrogens is 452 g/mol. The van der Waals surface area contributed by atoms with E-state index in [9.17, 15) is 19.2 Å². The van der Waals surface area contributed by atoms with Crippen LogP contribution in [0.2, 0.25) is 0 Å². The van der Waals surface area contributed by atoms with Gasteiger partial charge in [-0.3, -0.25) is 19.2 Å². The Morgan fingerprint density at radius 2 is 1.71 bits per heavy atom. The molecule has 0 aliphatic carbocycles. The molecule has 9 heteroatoms. The van der Waals surface area contributed by atoms with E-state index in [4.69, 9.17) is 0 Å². The summed E-state index contributed by atoms with van der Waals surface area (Å²) in [6.07, 6.45) is 3.42. The molecule has 4 rings (SSSR count). The summed E-state index contributed by atoms with van der Waals surface area (Å²) in [5.74, 6) is -1.05. The summed E-state index contributed by atoms with van der Waals surface area (Å²) < 4.78 is 0. The smallest absolute Gasteiger partial charge is 0.262 e. The number of para-hydroxylation sites is 1. The highest BCUT2D eigenvalue weighted by atomic mass is 32.2. The molecule has 0 saturated carbocycles. The zero-order valence-electron chi connectivity index (χ0n) is 18.9. The predicted octanol–water partition coefficient (Wildman–Crippen LogP) is 3.95. The van der Waals surface area contributed by atoms with E-state index in [0.29, 0.717) is 22.5 Å². The molecule has 0 spiro atoms. The highest BCUT2D eigenvalue weighted by molar-refractivity contribution is 8.15. The van der Waals surface area contributed by atoms with Gasteiger partial charge in [0.15, 0.2) is 11.0 Å². The van der Waals surface area contributed by atoms with E-state index in [1.165, 1.54) is 25.1 Å². The second-order valence-corrected chi connectivity index (χ2v) is 9.44. The lowest BCUT2D eigenvalue weighted by Gasteiger charge is -2.27. The Kier molecular flexibility index (Phi) is 7.42. The zero-order valence-corrected chi connectivity index (χ0v) is 19.7. The van der Waals surface area contributed by atoms with Gasteiger partial charge in [0, 0.05) is 36.3 Å². The molecule has 2 aromatic rings. The molecule has 2 aliphatic rings. The normalized spacial score (nSPS) is 17.8. The minimum Gasteiger partial charge on any atom is -0.351 e. The summed E-state index contributed by atoms with van der Waals surface area (Å²) in [6, 6.07) is 13.3. The molecule has 2 N–H and O–H groups in total. The van der Waals surface area contributed by atoms with Gasteiger partial charge >= 0.3 is 0 Å². The van der Waals surface area contributed by atoms with Crippen LogP contribution in [0.5, 0.6) is 0 Å². The monoisotopic (exact) mass is 478 g/mol. The molecule has 34 heavy (non-hydrogen) atoms. The largest absolute Gasteiger partial charge is 0.351 e. The van der Waals surface area contributed by atoms with Crippen molar-refractivity contribution in [2.75, 3.05) is 23.7 Å². The number of hydrogen-bond donors (Lipinski definition) is 2. The Labute approximate surface area is 202 Å². The topological polar surface area (TPSA) is 108 Å². The first kappa shape index (κ1) is 23.7. The van der Waals surface area contributed by atoms with Crippen LogP contribution in [0.3, 0.4) is 0 Å². The average molecular weight is 479 g/mol. The number of thioether (sulfide) groups is 1. The lowest BCUT2D eigenvalue weighted by atomic mass is 10.1. The van der Waals surface area contributed by atoms with Crippen molar-refractivity contribution in [1.29, 1.82) is 0 Å². The molecule has 1 saturated heterocycles. The molecule has 1 fully saturated rings. The molecule has 0 bridgehead atoms. The van der Waals surface area contributed by atoms with E-state index in [1.807, 2.05) is 0 Å². The molecule has 2 aromatic carbocycles. The van der Waals surface area contributed by atoms with E-state index in [0.717, 1.165) is 31.1 Å². The van der Waals surface area contributed by atoms with Gasteiger partial charge in [0.25, 0.3) is 11.8 Å². The number of likely N-dealkylation sites (tertiary alicyclic amines) is 1. The fourth-order valence-electron chi connectivity index (χ4n) is 3.91. The number of Topliss-reactive ketones (excluding diaryl/α,β-unsaturated/α-hetero) is 1. The number of aliphatic imine (C=N–C) groups is 1. The Morgan fingerprint density at radius 1 is 1.00 bits per heavy atom. The number of amidine groups is 1. The van der Waals surface area contributed by atoms with Crippen molar-refractivity contribution < 1.29 is 19.2 Å². The van der Waals surface area contributed by atoms with E-state index >= 15 is 0 Å².